The number of thiophene rings is 1. The summed E-state index contributed by atoms with van der Waals surface area (Å²) in [5.74, 6) is -0.109. The molecule has 0 radical (unpaired) electrons. The van der Waals surface area contributed by atoms with Crippen LogP contribution in [0.1, 0.15) is 44.8 Å². The maximum atomic E-state index is 12.5. The number of hydrogen-bond donors (Lipinski definition) is 0. The van der Waals surface area contributed by atoms with E-state index in [-0.39, 0.29) is 17.7 Å². The van der Waals surface area contributed by atoms with Crippen molar-refractivity contribution in [3.05, 3.63) is 56.7 Å². The van der Waals surface area contributed by atoms with Crippen molar-refractivity contribution in [2.75, 3.05) is 7.05 Å². The highest BCUT2D eigenvalue weighted by Crippen LogP contribution is 2.25. The van der Waals surface area contributed by atoms with Crippen LogP contribution in [0, 0.1) is 0 Å². The van der Waals surface area contributed by atoms with Crippen LogP contribution in [0.2, 0.25) is 5.02 Å². The van der Waals surface area contributed by atoms with Gasteiger partial charge in [-0.1, -0.05) is 23.7 Å². The van der Waals surface area contributed by atoms with Crippen LogP contribution in [0.5, 0.6) is 0 Å². The van der Waals surface area contributed by atoms with Crippen LogP contribution >= 0.6 is 22.9 Å². The number of Topliss-reactive ketones (excluding diaryl/α,β-unsaturated/α-hetero) is 1. The maximum Gasteiger partial charge on any atom is 0.264 e. The highest BCUT2D eigenvalue weighted by atomic mass is 35.5. The molecule has 0 aliphatic carbocycles. The molecule has 1 aromatic heterocycles. The molecule has 2 aromatic rings. The first-order valence-corrected chi connectivity index (χ1v) is 7.73. The van der Waals surface area contributed by atoms with Crippen molar-refractivity contribution in [2.24, 2.45) is 0 Å². The van der Waals surface area contributed by atoms with Crippen LogP contribution in [0.15, 0.2) is 36.4 Å². The zero-order valence-corrected chi connectivity index (χ0v) is 13.7. The molecular weight excluding hydrogens is 306 g/mol. The van der Waals surface area contributed by atoms with Crippen LogP contribution in [0.3, 0.4) is 0 Å². The largest absolute Gasteiger partial charge is 0.334 e. The molecule has 5 heteroatoms. The molecule has 0 bridgehead atoms. The second-order valence-electron chi connectivity index (χ2n) is 4.86. The summed E-state index contributed by atoms with van der Waals surface area (Å²) in [6.07, 6.45) is 0. The van der Waals surface area contributed by atoms with E-state index in [4.69, 9.17) is 11.6 Å². The summed E-state index contributed by atoms with van der Waals surface area (Å²) in [7, 11) is 1.76. The molecule has 0 saturated heterocycles. The van der Waals surface area contributed by atoms with E-state index in [1.165, 1.54) is 18.3 Å². The van der Waals surface area contributed by atoms with Crippen LogP contribution < -0.4 is 0 Å². The summed E-state index contributed by atoms with van der Waals surface area (Å²) in [5, 5.41) is 0.671. The van der Waals surface area contributed by atoms with Gasteiger partial charge in [-0.2, -0.15) is 0 Å². The van der Waals surface area contributed by atoms with Crippen LogP contribution in [-0.2, 0) is 0 Å². The van der Waals surface area contributed by atoms with E-state index in [1.807, 2.05) is 31.2 Å². The minimum atomic E-state index is -0.0880. The van der Waals surface area contributed by atoms with Crippen molar-refractivity contribution >= 4 is 34.6 Å². The average molecular weight is 322 g/mol. The summed E-state index contributed by atoms with van der Waals surface area (Å²) >= 11 is 7.11. The lowest BCUT2D eigenvalue weighted by atomic mass is 10.1. The molecule has 1 amide bonds. The Hall–Kier alpha value is -1.65. The van der Waals surface area contributed by atoms with Gasteiger partial charge in [0.25, 0.3) is 5.91 Å². The zero-order chi connectivity index (χ0) is 15.6. The topological polar surface area (TPSA) is 37.4 Å². The van der Waals surface area contributed by atoms with Crippen molar-refractivity contribution in [1.29, 1.82) is 0 Å². The highest BCUT2D eigenvalue weighted by Gasteiger charge is 2.20. The second kappa shape index (κ2) is 6.41. The third-order valence-corrected chi connectivity index (χ3v) is 4.84. The summed E-state index contributed by atoms with van der Waals surface area (Å²) in [5.41, 5.74) is 1.01. The number of carbonyl (C=O) groups excluding carboxylic acids is 2. The highest BCUT2D eigenvalue weighted by molar-refractivity contribution is 7.15. The van der Waals surface area contributed by atoms with Crippen molar-refractivity contribution < 1.29 is 9.59 Å². The summed E-state index contributed by atoms with van der Waals surface area (Å²) in [6, 6.07) is 10.8. The van der Waals surface area contributed by atoms with E-state index >= 15 is 0 Å². The van der Waals surface area contributed by atoms with Crippen LogP contribution in [0.25, 0.3) is 0 Å². The van der Waals surface area contributed by atoms with Gasteiger partial charge < -0.3 is 4.90 Å². The Labute approximate surface area is 133 Å². The number of amides is 1. The molecule has 1 atom stereocenters. The quantitative estimate of drug-likeness (QED) is 0.781. The number of halogens is 1. The van der Waals surface area contributed by atoms with Gasteiger partial charge in [-0.3, -0.25) is 9.59 Å². The van der Waals surface area contributed by atoms with Crippen molar-refractivity contribution in [3.8, 4) is 0 Å². The number of benzene rings is 1. The maximum absolute atomic E-state index is 12.5. The molecule has 0 aliphatic heterocycles. The van der Waals surface area contributed by atoms with Gasteiger partial charge in [-0.05, 0) is 43.7 Å². The normalized spacial score (nSPS) is 12.0. The summed E-state index contributed by atoms with van der Waals surface area (Å²) < 4.78 is 0. The Morgan fingerprint density at radius 1 is 1.10 bits per heavy atom. The van der Waals surface area contributed by atoms with Gasteiger partial charge in [0.15, 0.2) is 5.78 Å². The smallest absolute Gasteiger partial charge is 0.264 e. The number of nitrogens with zero attached hydrogens (tertiary/aromatic N) is 1. The van der Waals surface area contributed by atoms with E-state index in [0.29, 0.717) is 14.8 Å². The second-order valence-corrected chi connectivity index (χ2v) is 6.38. The molecule has 0 spiro atoms. The standard InChI is InChI=1S/C16H16ClNO2S/c1-10(12-4-6-13(17)7-5-12)18(3)16(20)15-9-8-14(21-15)11(2)19/h4-10H,1-3H3/t10-/m0/s1. The first-order chi connectivity index (χ1) is 9.90. The van der Waals surface area contributed by atoms with Gasteiger partial charge in [0.05, 0.1) is 15.8 Å². The van der Waals surface area contributed by atoms with Crippen LogP contribution in [-0.4, -0.2) is 23.6 Å². The lowest BCUT2D eigenvalue weighted by Gasteiger charge is -2.25. The van der Waals surface area contributed by atoms with Crippen molar-refractivity contribution in [2.45, 2.75) is 19.9 Å². The summed E-state index contributed by atoms with van der Waals surface area (Å²) in [4.78, 5) is 26.6. The Balaban J connectivity index is 2.17. The molecule has 0 aliphatic rings. The van der Waals surface area contributed by atoms with Gasteiger partial charge in [0.1, 0.15) is 0 Å². The molecule has 1 heterocycles. The van der Waals surface area contributed by atoms with E-state index in [1.54, 1.807) is 24.1 Å². The molecule has 0 unspecified atom stereocenters. The number of ketones is 1. The monoisotopic (exact) mass is 321 g/mol. The Morgan fingerprint density at radius 2 is 1.67 bits per heavy atom. The van der Waals surface area contributed by atoms with E-state index in [2.05, 4.69) is 0 Å². The molecule has 0 saturated carbocycles. The fraction of sp³-hybridized carbons (Fsp3) is 0.250. The first kappa shape index (κ1) is 15.7. The third-order valence-electron chi connectivity index (χ3n) is 3.42. The Kier molecular flexibility index (Phi) is 4.80. The molecule has 21 heavy (non-hydrogen) atoms. The molecule has 2 rings (SSSR count). The van der Waals surface area contributed by atoms with Gasteiger partial charge in [0, 0.05) is 12.1 Å². The SMILES string of the molecule is CC(=O)c1ccc(C(=O)N(C)[C@@H](C)c2ccc(Cl)cc2)s1. The molecule has 0 N–H and O–H groups in total. The first-order valence-electron chi connectivity index (χ1n) is 6.53. The number of rotatable bonds is 4. The predicted molar refractivity (Wildman–Crippen MR) is 86.3 cm³/mol. The summed E-state index contributed by atoms with van der Waals surface area (Å²) in [6.45, 7) is 3.46. The lowest BCUT2D eigenvalue weighted by Crippen LogP contribution is -2.29. The molecule has 0 fully saturated rings. The van der Waals surface area contributed by atoms with Gasteiger partial charge in [-0.15, -0.1) is 11.3 Å². The van der Waals surface area contributed by atoms with Gasteiger partial charge in [-0.25, -0.2) is 0 Å². The lowest BCUT2D eigenvalue weighted by molar-refractivity contribution is 0.0747. The predicted octanol–water partition coefficient (Wildman–Crippen LogP) is 4.44. The van der Waals surface area contributed by atoms with Gasteiger partial charge >= 0.3 is 0 Å². The number of carbonyl (C=O) groups is 2. The molecule has 1 aromatic carbocycles. The molecular formula is C16H16ClNO2S. The third kappa shape index (κ3) is 3.52. The Morgan fingerprint density at radius 3 is 2.19 bits per heavy atom. The zero-order valence-electron chi connectivity index (χ0n) is 12.1. The average Bonchev–Trinajstić information content (AvgIpc) is 2.96. The fourth-order valence-electron chi connectivity index (χ4n) is 1.96. The Bertz CT molecular complexity index is 663. The van der Waals surface area contributed by atoms with Gasteiger partial charge in [0.2, 0.25) is 0 Å². The molecule has 3 nitrogen and oxygen atoms in total. The minimum Gasteiger partial charge on any atom is -0.334 e. The van der Waals surface area contributed by atoms with Crippen LogP contribution in [0.4, 0.5) is 0 Å². The minimum absolute atomic E-state index is 0.0209. The van der Waals surface area contributed by atoms with Crippen molar-refractivity contribution in [1.82, 2.24) is 4.90 Å². The van der Waals surface area contributed by atoms with E-state index in [0.717, 1.165) is 5.56 Å². The van der Waals surface area contributed by atoms with Crippen molar-refractivity contribution in [3.63, 3.8) is 0 Å². The molecule has 110 valence electrons. The number of hydrogen-bond acceptors (Lipinski definition) is 3. The fourth-order valence-corrected chi connectivity index (χ4v) is 2.97. The van der Waals surface area contributed by atoms with E-state index in [9.17, 15) is 9.59 Å². The van der Waals surface area contributed by atoms with E-state index < -0.39 is 0 Å².